The molecule has 0 aliphatic carbocycles. The summed E-state index contributed by atoms with van der Waals surface area (Å²) < 4.78 is 14.6. The molecule has 0 amide bonds. The molecule has 0 aromatic carbocycles. The largest absolute Gasteiger partial charge is 0.463 e. The third kappa shape index (κ3) is 24.7. The van der Waals surface area contributed by atoms with Crippen molar-refractivity contribution in [2.24, 2.45) is 0 Å². The predicted molar refractivity (Wildman–Crippen MR) is 124 cm³/mol. The second kappa shape index (κ2) is 17.2. The molecule has 0 heterocycles. The maximum Gasteiger partial charge on any atom is 0.374 e. The van der Waals surface area contributed by atoms with Crippen LogP contribution >= 0.6 is 15.9 Å². The zero-order valence-electron chi connectivity index (χ0n) is 20.3. The quantitative estimate of drug-likeness (QED) is 0.116. The summed E-state index contributed by atoms with van der Waals surface area (Å²) in [4.78, 5) is 44.4. The fourth-order valence-electron chi connectivity index (χ4n) is 2.27. The van der Waals surface area contributed by atoms with E-state index in [1.165, 1.54) is 7.11 Å². The van der Waals surface area contributed by atoms with Crippen molar-refractivity contribution in [1.82, 2.24) is 0 Å². The van der Waals surface area contributed by atoms with Crippen LogP contribution in [0.3, 0.4) is 0 Å². The summed E-state index contributed by atoms with van der Waals surface area (Å²) in [7, 11) is 1.18. The first kappa shape index (κ1) is 31.7. The van der Waals surface area contributed by atoms with E-state index in [0.717, 1.165) is 24.6 Å². The Bertz CT molecular complexity index is 545. The SMILES string of the molecule is CC(C)(C)OC(=O)CCCCCBr.COC(=O)C(=O)CCCCCC(=O)OC(C)(C)C. The maximum atomic E-state index is 11.3. The zero-order valence-corrected chi connectivity index (χ0v) is 21.9. The van der Waals surface area contributed by atoms with Crippen LogP contribution in [-0.2, 0) is 33.4 Å². The Kier molecular flexibility index (Phi) is 17.6. The Hall–Kier alpha value is -1.44. The van der Waals surface area contributed by atoms with Crippen LogP contribution in [0, 0.1) is 0 Å². The minimum atomic E-state index is -0.804. The molecule has 0 saturated heterocycles. The predicted octanol–water partition coefficient (Wildman–Crippen LogP) is 5.30. The Morgan fingerprint density at radius 3 is 1.39 bits per heavy atom. The molecular formula is C23H41BrO7. The van der Waals surface area contributed by atoms with Gasteiger partial charge in [-0.15, -0.1) is 0 Å². The average Bonchev–Trinajstić information content (AvgIpc) is 2.61. The van der Waals surface area contributed by atoms with Gasteiger partial charge < -0.3 is 14.2 Å². The van der Waals surface area contributed by atoms with Gasteiger partial charge in [0.15, 0.2) is 0 Å². The highest BCUT2D eigenvalue weighted by atomic mass is 79.9. The third-order valence-corrected chi connectivity index (χ3v) is 4.11. The lowest BCUT2D eigenvalue weighted by molar-refractivity contribution is -0.156. The number of hydrogen-bond acceptors (Lipinski definition) is 7. The number of carbonyl (C=O) groups excluding carboxylic acids is 4. The number of methoxy groups -OCH3 is 1. The molecular weight excluding hydrogens is 468 g/mol. The molecule has 0 radical (unpaired) electrons. The van der Waals surface area contributed by atoms with Crippen LogP contribution in [0.2, 0.25) is 0 Å². The highest BCUT2D eigenvalue weighted by molar-refractivity contribution is 9.09. The number of ketones is 1. The summed E-state index contributed by atoms with van der Waals surface area (Å²) >= 11 is 3.35. The number of Topliss-reactive ketones (excluding diaryl/α,β-unsaturated/α-hetero) is 1. The lowest BCUT2D eigenvalue weighted by atomic mass is 10.1. The molecule has 0 spiro atoms. The molecule has 0 saturated carbocycles. The molecule has 0 aromatic rings. The minimum absolute atomic E-state index is 0.0814. The molecule has 0 atom stereocenters. The summed E-state index contributed by atoms with van der Waals surface area (Å²) in [6.07, 6.45) is 6.14. The van der Waals surface area contributed by atoms with Crippen LogP contribution in [0.4, 0.5) is 0 Å². The van der Waals surface area contributed by atoms with Crippen LogP contribution < -0.4 is 0 Å². The molecule has 7 nitrogen and oxygen atoms in total. The number of unbranched alkanes of at least 4 members (excludes halogenated alkanes) is 4. The minimum Gasteiger partial charge on any atom is -0.463 e. The van der Waals surface area contributed by atoms with Crippen LogP contribution in [0.15, 0.2) is 0 Å². The van der Waals surface area contributed by atoms with Crippen molar-refractivity contribution in [3.63, 3.8) is 0 Å². The summed E-state index contributed by atoms with van der Waals surface area (Å²) in [5.41, 5.74) is -0.801. The van der Waals surface area contributed by atoms with Crippen LogP contribution in [0.5, 0.6) is 0 Å². The van der Waals surface area contributed by atoms with Gasteiger partial charge in [0.1, 0.15) is 11.2 Å². The normalized spacial score (nSPS) is 11.1. The summed E-state index contributed by atoms with van der Waals surface area (Å²) in [5, 5.41) is 1.02. The van der Waals surface area contributed by atoms with Crippen molar-refractivity contribution in [3.8, 4) is 0 Å². The van der Waals surface area contributed by atoms with E-state index in [9.17, 15) is 19.2 Å². The van der Waals surface area contributed by atoms with Gasteiger partial charge in [-0.25, -0.2) is 4.79 Å². The fourth-order valence-corrected chi connectivity index (χ4v) is 2.67. The number of rotatable bonds is 12. The van der Waals surface area contributed by atoms with Gasteiger partial charge >= 0.3 is 17.9 Å². The second-order valence-electron chi connectivity index (χ2n) is 9.15. The van der Waals surface area contributed by atoms with Crippen molar-refractivity contribution < 1.29 is 33.4 Å². The molecule has 0 fully saturated rings. The van der Waals surface area contributed by atoms with Gasteiger partial charge in [0.2, 0.25) is 5.78 Å². The van der Waals surface area contributed by atoms with E-state index in [4.69, 9.17) is 9.47 Å². The lowest BCUT2D eigenvalue weighted by Gasteiger charge is -2.19. The molecule has 182 valence electrons. The van der Waals surface area contributed by atoms with Crippen molar-refractivity contribution in [2.75, 3.05) is 12.4 Å². The maximum absolute atomic E-state index is 11.3. The van der Waals surface area contributed by atoms with Gasteiger partial charge in [-0.2, -0.15) is 0 Å². The second-order valence-corrected chi connectivity index (χ2v) is 9.94. The third-order valence-electron chi connectivity index (χ3n) is 3.55. The van der Waals surface area contributed by atoms with Crippen molar-refractivity contribution in [2.45, 2.75) is 111 Å². The summed E-state index contributed by atoms with van der Waals surface area (Å²) in [6, 6.07) is 0. The molecule has 0 N–H and O–H groups in total. The van der Waals surface area contributed by atoms with Gasteiger partial charge in [-0.05, 0) is 67.2 Å². The number of hydrogen-bond donors (Lipinski definition) is 0. The Labute approximate surface area is 196 Å². The molecule has 0 aliphatic rings. The molecule has 0 bridgehead atoms. The van der Waals surface area contributed by atoms with E-state index in [0.29, 0.717) is 32.1 Å². The lowest BCUT2D eigenvalue weighted by Crippen LogP contribution is -2.23. The first-order valence-electron chi connectivity index (χ1n) is 10.8. The van der Waals surface area contributed by atoms with Crippen LogP contribution in [0.1, 0.15) is 99.3 Å². The van der Waals surface area contributed by atoms with Crippen molar-refractivity contribution >= 4 is 39.6 Å². The number of halogens is 1. The van der Waals surface area contributed by atoms with Gasteiger partial charge in [-0.3, -0.25) is 14.4 Å². The fraction of sp³-hybridized carbons (Fsp3) is 0.826. The number of ether oxygens (including phenoxy) is 3. The first-order valence-corrected chi connectivity index (χ1v) is 11.9. The van der Waals surface area contributed by atoms with Gasteiger partial charge in [0.25, 0.3) is 0 Å². The zero-order chi connectivity index (χ0) is 24.5. The number of carbonyl (C=O) groups is 4. The highest BCUT2D eigenvalue weighted by Gasteiger charge is 2.17. The molecule has 0 rings (SSSR count). The molecule has 0 unspecified atom stereocenters. The summed E-state index contributed by atoms with van der Waals surface area (Å²) in [5.74, 6) is -1.64. The topological polar surface area (TPSA) is 96.0 Å². The summed E-state index contributed by atoms with van der Waals surface area (Å²) in [6.45, 7) is 11.1. The van der Waals surface area contributed by atoms with Crippen LogP contribution in [0.25, 0.3) is 0 Å². The van der Waals surface area contributed by atoms with Gasteiger partial charge in [0, 0.05) is 24.6 Å². The van der Waals surface area contributed by atoms with E-state index in [1.54, 1.807) is 0 Å². The average molecular weight is 509 g/mol. The van der Waals surface area contributed by atoms with Gasteiger partial charge in [-0.1, -0.05) is 28.8 Å². The van der Waals surface area contributed by atoms with E-state index in [1.807, 2.05) is 41.5 Å². The van der Waals surface area contributed by atoms with E-state index in [2.05, 4.69) is 20.7 Å². The molecule has 0 aliphatic heterocycles. The Morgan fingerprint density at radius 1 is 0.645 bits per heavy atom. The van der Waals surface area contributed by atoms with Gasteiger partial charge in [0.05, 0.1) is 7.11 Å². The highest BCUT2D eigenvalue weighted by Crippen LogP contribution is 2.12. The number of esters is 3. The molecule has 31 heavy (non-hydrogen) atoms. The van der Waals surface area contributed by atoms with Crippen molar-refractivity contribution in [1.29, 1.82) is 0 Å². The number of alkyl halides is 1. The smallest absolute Gasteiger partial charge is 0.374 e. The standard InChI is InChI=1S/C13H22O5.C10H19BrO2/c1-13(2,3)18-11(15)9-7-5-6-8-10(14)12(16)17-4;1-10(2,3)13-9(12)7-5-4-6-8-11/h5-9H2,1-4H3;4-8H2,1-3H3. The van der Waals surface area contributed by atoms with E-state index < -0.39 is 17.4 Å². The first-order chi connectivity index (χ1) is 14.2. The molecule has 0 aromatic heterocycles. The van der Waals surface area contributed by atoms with Crippen molar-refractivity contribution in [3.05, 3.63) is 0 Å². The van der Waals surface area contributed by atoms with E-state index >= 15 is 0 Å². The Balaban J connectivity index is 0. The van der Waals surface area contributed by atoms with Crippen LogP contribution in [-0.4, -0.2) is 47.3 Å². The Morgan fingerprint density at radius 2 is 1.03 bits per heavy atom. The monoisotopic (exact) mass is 508 g/mol. The molecule has 8 heteroatoms. The van der Waals surface area contributed by atoms with E-state index in [-0.39, 0.29) is 24.0 Å².